The van der Waals surface area contributed by atoms with Crippen LogP contribution >= 0.6 is 11.8 Å². The van der Waals surface area contributed by atoms with Crippen LogP contribution in [0.1, 0.15) is 12.5 Å². The third kappa shape index (κ3) is 3.87. The van der Waals surface area contributed by atoms with Gasteiger partial charge in [0.25, 0.3) is 0 Å². The SMILES string of the molecule is CCc1ccc(NC(=O)CSc2nnc3n2CCN3c2ccc(F)cc2)cc1. The fourth-order valence-corrected chi connectivity index (χ4v) is 3.86. The van der Waals surface area contributed by atoms with Crippen molar-refractivity contribution in [2.24, 2.45) is 0 Å². The summed E-state index contributed by atoms with van der Waals surface area (Å²) in [5.74, 6) is 0.616. The van der Waals surface area contributed by atoms with Crippen LogP contribution in [0.5, 0.6) is 0 Å². The average Bonchev–Trinajstić information content (AvgIpc) is 3.30. The van der Waals surface area contributed by atoms with Crippen LogP contribution in [0.2, 0.25) is 0 Å². The van der Waals surface area contributed by atoms with Gasteiger partial charge in [-0.3, -0.25) is 9.36 Å². The number of fused-ring (bicyclic) bond motifs is 1. The van der Waals surface area contributed by atoms with Crippen LogP contribution in [0.15, 0.2) is 53.7 Å². The number of carbonyl (C=O) groups excluding carboxylic acids is 1. The fraction of sp³-hybridized carbons (Fsp3) is 0.250. The number of carbonyl (C=O) groups is 1. The van der Waals surface area contributed by atoms with Crippen LogP contribution in [0, 0.1) is 5.82 Å². The summed E-state index contributed by atoms with van der Waals surface area (Å²) in [5, 5.41) is 12.1. The van der Waals surface area contributed by atoms with Crippen LogP contribution in [0.4, 0.5) is 21.7 Å². The molecule has 1 N–H and O–H groups in total. The molecule has 0 bridgehead atoms. The molecule has 0 unspecified atom stereocenters. The molecule has 0 atom stereocenters. The van der Waals surface area contributed by atoms with Crippen molar-refractivity contribution in [1.29, 1.82) is 0 Å². The Bertz CT molecular complexity index is 971. The van der Waals surface area contributed by atoms with Gasteiger partial charge >= 0.3 is 0 Å². The Labute approximate surface area is 166 Å². The van der Waals surface area contributed by atoms with Crippen molar-refractivity contribution in [3.8, 4) is 0 Å². The zero-order chi connectivity index (χ0) is 19.5. The number of hydrogen-bond acceptors (Lipinski definition) is 5. The predicted octanol–water partition coefficient (Wildman–Crippen LogP) is 3.86. The molecule has 4 rings (SSSR count). The van der Waals surface area contributed by atoms with E-state index in [0.29, 0.717) is 11.1 Å². The van der Waals surface area contributed by atoms with Gasteiger partial charge in [0.05, 0.1) is 5.75 Å². The van der Waals surface area contributed by atoms with Crippen molar-refractivity contribution in [3.05, 3.63) is 59.9 Å². The zero-order valence-corrected chi connectivity index (χ0v) is 16.2. The molecule has 28 heavy (non-hydrogen) atoms. The molecule has 8 heteroatoms. The lowest BCUT2D eigenvalue weighted by Crippen LogP contribution is -2.14. The molecular weight excluding hydrogens is 377 g/mol. The molecule has 0 saturated carbocycles. The second-order valence-corrected chi connectivity index (χ2v) is 7.39. The normalized spacial score (nSPS) is 12.9. The maximum atomic E-state index is 13.2. The maximum Gasteiger partial charge on any atom is 0.234 e. The summed E-state index contributed by atoms with van der Waals surface area (Å²) < 4.78 is 15.1. The standard InChI is InChI=1S/C20H20FN5OS/c1-2-14-3-7-16(8-4-14)22-18(27)13-28-20-24-23-19-25(11-12-26(19)20)17-9-5-15(21)6-10-17/h3-10H,2,11-13H2,1H3,(H,22,27). The first kappa shape index (κ1) is 18.5. The van der Waals surface area contributed by atoms with Crippen LogP contribution in [-0.2, 0) is 17.8 Å². The molecule has 0 fully saturated rings. The van der Waals surface area contributed by atoms with E-state index in [1.54, 1.807) is 12.1 Å². The summed E-state index contributed by atoms with van der Waals surface area (Å²) in [4.78, 5) is 14.2. The smallest absolute Gasteiger partial charge is 0.234 e. The molecule has 1 aliphatic heterocycles. The number of rotatable bonds is 6. The summed E-state index contributed by atoms with van der Waals surface area (Å²) in [6.45, 7) is 3.56. The number of anilines is 3. The Hall–Kier alpha value is -2.87. The zero-order valence-electron chi connectivity index (χ0n) is 15.4. The lowest BCUT2D eigenvalue weighted by molar-refractivity contribution is -0.113. The Balaban J connectivity index is 1.38. The molecule has 0 radical (unpaired) electrons. The van der Waals surface area contributed by atoms with Crippen molar-refractivity contribution in [3.63, 3.8) is 0 Å². The minimum absolute atomic E-state index is 0.0833. The quantitative estimate of drug-likeness (QED) is 0.640. The minimum atomic E-state index is -0.268. The van der Waals surface area contributed by atoms with Gasteiger partial charge in [0.15, 0.2) is 5.16 Å². The predicted molar refractivity (Wildman–Crippen MR) is 109 cm³/mol. The van der Waals surface area contributed by atoms with Gasteiger partial charge in [-0.15, -0.1) is 10.2 Å². The highest BCUT2D eigenvalue weighted by Gasteiger charge is 2.26. The largest absolute Gasteiger partial charge is 0.325 e. The van der Waals surface area contributed by atoms with Crippen LogP contribution in [0.3, 0.4) is 0 Å². The molecule has 1 aliphatic rings. The van der Waals surface area contributed by atoms with E-state index >= 15 is 0 Å². The van der Waals surface area contributed by atoms with Crippen LogP contribution in [-0.4, -0.2) is 33.0 Å². The van der Waals surface area contributed by atoms with Gasteiger partial charge in [-0.25, -0.2) is 4.39 Å². The van der Waals surface area contributed by atoms with E-state index in [1.165, 1.54) is 29.5 Å². The van der Waals surface area contributed by atoms with Crippen LogP contribution < -0.4 is 10.2 Å². The number of nitrogens with one attached hydrogen (secondary N) is 1. The number of aromatic nitrogens is 3. The highest BCUT2D eigenvalue weighted by atomic mass is 32.2. The van der Waals surface area contributed by atoms with Gasteiger partial charge in [-0.05, 0) is 48.4 Å². The third-order valence-corrected chi connectivity index (χ3v) is 5.57. The molecule has 1 amide bonds. The molecule has 1 aromatic heterocycles. The highest BCUT2D eigenvalue weighted by molar-refractivity contribution is 7.99. The average molecular weight is 397 g/mol. The van der Waals surface area contributed by atoms with E-state index in [1.807, 2.05) is 33.7 Å². The molecule has 2 aromatic carbocycles. The topological polar surface area (TPSA) is 63.1 Å². The summed E-state index contributed by atoms with van der Waals surface area (Å²) >= 11 is 1.36. The molecular formula is C20H20FN5OS. The number of amides is 1. The lowest BCUT2D eigenvalue weighted by atomic mass is 10.1. The second-order valence-electron chi connectivity index (χ2n) is 6.45. The maximum absolute atomic E-state index is 13.2. The Morgan fingerprint density at radius 2 is 1.86 bits per heavy atom. The second kappa shape index (κ2) is 8.02. The Morgan fingerprint density at radius 1 is 1.11 bits per heavy atom. The fourth-order valence-electron chi connectivity index (χ4n) is 3.10. The van der Waals surface area contributed by atoms with E-state index in [9.17, 15) is 9.18 Å². The molecule has 0 spiro atoms. The van der Waals surface area contributed by atoms with E-state index in [-0.39, 0.29) is 17.5 Å². The number of aryl methyl sites for hydroxylation is 1. The van der Waals surface area contributed by atoms with Gasteiger partial charge in [0, 0.05) is 24.5 Å². The first-order chi connectivity index (χ1) is 13.6. The van der Waals surface area contributed by atoms with Gasteiger partial charge in [-0.1, -0.05) is 30.8 Å². The first-order valence-corrected chi connectivity index (χ1v) is 10.1. The number of halogens is 1. The summed E-state index contributed by atoms with van der Waals surface area (Å²) in [5.41, 5.74) is 2.89. The van der Waals surface area contributed by atoms with Crippen LogP contribution in [0.25, 0.3) is 0 Å². The van der Waals surface area contributed by atoms with Crippen molar-refractivity contribution in [2.45, 2.75) is 25.0 Å². The molecule has 0 aliphatic carbocycles. The van der Waals surface area contributed by atoms with Gasteiger partial charge in [-0.2, -0.15) is 0 Å². The van der Waals surface area contributed by atoms with E-state index in [4.69, 9.17) is 0 Å². The summed E-state index contributed by atoms with van der Waals surface area (Å²) in [7, 11) is 0. The summed E-state index contributed by atoms with van der Waals surface area (Å²) in [6, 6.07) is 14.2. The van der Waals surface area contributed by atoms with Gasteiger partial charge in [0.2, 0.25) is 11.9 Å². The van der Waals surface area contributed by atoms with E-state index in [0.717, 1.165) is 30.9 Å². The number of thioether (sulfide) groups is 1. The number of hydrogen-bond donors (Lipinski definition) is 1. The lowest BCUT2D eigenvalue weighted by Gasteiger charge is -2.14. The molecule has 2 heterocycles. The molecule has 6 nitrogen and oxygen atoms in total. The Kier molecular flexibility index (Phi) is 5.29. The first-order valence-electron chi connectivity index (χ1n) is 9.12. The van der Waals surface area contributed by atoms with Crippen molar-refractivity contribution < 1.29 is 9.18 Å². The number of nitrogens with zero attached hydrogens (tertiary/aromatic N) is 4. The monoisotopic (exact) mass is 397 g/mol. The van der Waals surface area contributed by atoms with Crippen molar-refractivity contribution >= 4 is 35.0 Å². The van der Waals surface area contributed by atoms with E-state index < -0.39 is 0 Å². The third-order valence-electron chi connectivity index (χ3n) is 4.60. The highest BCUT2D eigenvalue weighted by Crippen LogP contribution is 2.32. The van der Waals surface area contributed by atoms with E-state index in [2.05, 4.69) is 22.4 Å². The molecule has 3 aromatic rings. The molecule has 144 valence electrons. The van der Waals surface area contributed by atoms with Gasteiger partial charge < -0.3 is 10.2 Å². The van der Waals surface area contributed by atoms with Gasteiger partial charge in [0.1, 0.15) is 5.82 Å². The summed E-state index contributed by atoms with van der Waals surface area (Å²) in [6.07, 6.45) is 0.969. The van der Waals surface area contributed by atoms with Crippen molar-refractivity contribution in [2.75, 3.05) is 22.5 Å². The molecule has 0 saturated heterocycles. The Morgan fingerprint density at radius 3 is 2.57 bits per heavy atom. The number of benzene rings is 2. The van der Waals surface area contributed by atoms with Crippen molar-refractivity contribution in [1.82, 2.24) is 14.8 Å². The minimum Gasteiger partial charge on any atom is -0.325 e.